The minimum absolute atomic E-state index is 0.0726. The van der Waals surface area contributed by atoms with E-state index in [4.69, 9.17) is 5.26 Å². The van der Waals surface area contributed by atoms with Crippen molar-refractivity contribution in [1.82, 2.24) is 9.55 Å². The predicted octanol–water partition coefficient (Wildman–Crippen LogP) is 3.37. The van der Waals surface area contributed by atoms with Gasteiger partial charge in [0.1, 0.15) is 0 Å². The minimum Gasteiger partial charge on any atom is -0.283 e. The second-order valence-electron chi connectivity index (χ2n) is 5.24. The van der Waals surface area contributed by atoms with Gasteiger partial charge in [0.05, 0.1) is 29.3 Å². The third kappa shape index (κ3) is 3.27. The van der Waals surface area contributed by atoms with Gasteiger partial charge in [-0.15, -0.1) is 0 Å². The normalized spacial score (nSPS) is 10.6. The number of fused-ring (bicyclic) bond motifs is 1. The van der Waals surface area contributed by atoms with E-state index >= 15 is 0 Å². The minimum atomic E-state index is -0.0726. The van der Waals surface area contributed by atoms with Crippen molar-refractivity contribution in [3.8, 4) is 6.07 Å². The highest BCUT2D eigenvalue weighted by molar-refractivity contribution is 7.99. The lowest BCUT2D eigenvalue weighted by atomic mass is 10.1. The van der Waals surface area contributed by atoms with Crippen LogP contribution in [0.3, 0.4) is 0 Å². The highest BCUT2D eigenvalue weighted by atomic mass is 32.2. The van der Waals surface area contributed by atoms with Crippen LogP contribution in [0.1, 0.15) is 11.1 Å². The smallest absolute Gasteiger partial charge is 0.262 e. The number of para-hydroxylation sites is 1. The number of hydrogen-bond donors (Lipinski definition) is 0. The monoisotopic (exact) mass is 321 g/mol. The van der Waals surface area contributed by atoms with Gasteiger partial charge < -0.3 is 0 Å². The Morgan fingerprint density at radius 1 is 1.17 bits per heavy atom. The molecule has 0 fully saturated rings. The van der Waals surface area contributed by atoms with Gasteiger partial charge >= 0.3 is 0 Å². The van der Waals surface area contributed by atoms with E-state index in [2.05, 4.69) is 11.1 Å². The Labute approximate surface area is 138 Å². The standard InChI is InChI=1S/C18H15N3OS/c1-13-6-8-14(9-7-13)12-21-17(22)15-4-2-3-5-16(15)20-18(21)23-11-10-19/h2-9H,11-12H2,1H3. The van der Waals surface area contributed by atoms with Gasteiger partial charge in [-0.3, -0.25) is 9.36 Å². The molecule has 0 saturated carbocycles. The molecule has 0 N–H and O–H groups in total. The van der Waals surface area contributed by atoms with Crippen LogP contribution in [0.15, 0.2) is 58.5 Å². The molecule has 0 radical (unpaired) electrons. The molecule has 0 saturated heterocycles. The predicted molar refractivity (Wildman–Crippen MR) is 92.6 cm³/mol. The third-order valence-electron chi connectivity index (χ3n) is 3.55. The number of aromatic nitrogens is 2. The molecule has 23 heavy (non-hydrogen) atoms. The highest BCUT2D eigenvalue weighted by Crippen LogP contribution is 2.18. The molecule has 1 heterocycles. The van der Waals surface area contributed by atoms with Gasteiger partial charge in [-0.1, -0.05) is 53.7 Å². The molecule has 0 aliphatic carbocycles. The van der Waals surface area contributed by atoms with Crippen LogP contribution in [0.2, 0.25) is 0 Å². The third-order valence-corrected chi connectivity index (χ3v) is 4.40. The van der Waals surface area contributed by atoms with Gasteiger partial charge in [0.2, 0.25) is 0 Å². The van der Waals surface area contributed by atoms with Gasteiger partial charge in [0, 0.05) is 0 Å². The summed E-state index contributed by atoms with van der Waals surface area (Å²) in [5, 5.41) is 10.0. The molecule has 0 amide bonds. The number of nitrogens with zero attached hydrogens (tertiary/aromatic N) is 3. The van der Waals surface area contributed by atoms with Crippen LogP contribution < -0.4 is 5.56 Å². The van der Waals surface area contributed by atoms with E-state index in [-0.39, 0.29) is 11.3 Å². The quantitative estimate of drug-likeness (QED) is 0.546. The number of aryl methyl sites for hydroxylation is 1. The second kappa shape index (κ2) is 6.67. The molecule has 0 atom stereocenters. The fourth-order valence-corrected chi connectivity index (χ4v) is 3.03. The van der Waals surface area contributed by atoms with Crippen molar-refractivity contribution < 1.29 is 0 Å². The Bertz CT molecular complexity index is 939. The Balaban J connectivity index is 2.12. The summed E-state index contributed by atoms with van der Waals surface area (Å²) in [6.45, 7) is 2.48. The molecule has 3 aromatic rings. The molecule has 0 spiro atoms. The van der Waals surface area contributed by atoms with Crippen LogP contribution in [-0.4, -0.2) is 15.3 Å². The van der Waals surface area contributed by atoms with Crippen molar-refractivity contribution in [2.24, 2.45) is 0 Å². The number of rotatable bonds is 4. The molecule has 2 aromatic carbocycles. The SMILES string of the molecule is Cc1ccc(Cn2c(SCC#N)nc3ccccc3c2=O)cc1. The van der Waals surface area contributed by atoms with Gasteiger partial charge in [-0.25, -0.2) is 4.98 Å². The lowest BCUT2D eigenvalue weighted by Gasteiger charge is -2.12. The molecule has 0 bridgehead atoms. The first-order chi connectivity index (χ1) is 11.2. The van der Waals surface area contributed by atoms with Crippen molar-refractivity contribution in [1.29, 1.82) is 5.26 Å². The van der Waals surface area contributed by atoms with Crippen LogP contribution >= 0.6 is 11.8 Å². The van der Waals surface area contributed by atoms with E-state index in [9.17, 15) is 4.79 Å². The van der Waals surface area contributed by atoms with Crippen molar-refractivity contribution in [2.45, 2.75) is 18.6 Å². The van der Waals surface area contributed by atoms with Gasteiger partial charge in [0.15, 0.2) is 5.16 Å². The second-order valence-corrected chi connectivity index (χ2v) is 6.18. The average molecular weight is 321 g/mol. The fraction of sp³-hybridized carbons (Fsp3) is 0.167. The summed E-state index contributed by atoms with van der Waals surface area (Å²) in [7, 11) is 0. The number of benzene rings is 2. The van der Waals surface area contributed by atoms with E-state index in [0.717, 1.165) is 5.56 Å². The first-order valence-corrected chi connectivity index (χ1v) is 8.22. The number of thioether (sulfide) groups is 1. The zero-order valence-electron chi connectivity index (χ0n) is 12.7. The molecule has 5 heteroatoms. The summed E-state index contributed by atoms with van der Waals surface area (Å²) in [5.74, 6) is 0.263. The van der Waals surface area contributed by atoms with E-state index in [1.54, 1.807) is 10.6 Å². The summed E-state index contributed by atoms with van der Waals surface area (Å²) >= 11 is 1.29. The van der Waals surface area contributed by atoms with E-state index in [1.165, 1.54) is 17.3 Å². The van der Waals surface area contributed by atoms with Gasteiger partial charge in [-0.2, -0.15) is 5.26 Å². The van der Waals surface area contributed by atoms with Crippen LogP contribution in [-0.2, 0) is 6.54 Å². The Morgan fingerprint density at radius 3 is 2.65 bits per heavy atom. The van der Waals surface area contributed by atoms with Crippen molar-refractivity contribution in [3.05, 3.63) is 70.0 Å². The number of nitriles is 1. The van der Waals surface area contributed by atoms with Crippen LogP contribution in [0.4, 0.5) is 0 Å². The van der Waals surface area contributed by atoms with Crippen LogP contribution in [0.25, 0.3) is 10.9 Å². The fourth-order valence-electron chi connectivity index (χ4n) is 2.37. The summed E-state index contributed by atoms with van der Waals surface area (Å²) in [4.78, 5) is 17.4. The first-order valence-electron chi connectivity index (χ1n) is 7.24. The number of hydrogen-bond acceptors (Lipinski definition) is 4. The lowest BCUT2D eigenvalue weighted by molar-refractivity contribution is 0.658. The Morgan fingerprint density at radius 2 is 1.91 bits per heavy atom. The van der Waals surface area contributed by atoms with Crippen molar-refractivity contribution in [3.63, 3.8) is 0 Å². The maximum atomic E-state index is 12.8. The van der Waals surface area contributed by atoms with E-state index in [1.807, 2.05) is 49.4 Å². The zero-order chi connectivity index (χ0) is 16.2. The lowest BCUT2D eigenvalue weighted by Crippen LogP contribution is -2.24. The zero-order valence-corrected chi connectivity index (χ0v) is 13.5. The molecule has 0 aliphatic heterocycles. The molecule has 0 unspecified atom stereocenters. The van der Waals surface area contributed by atoms with Crippen LogP contribution in [0.5, 0.6) is 0 Å². The maximum absolute atomic E-state index is 12.8. The maximum Gasteiger partial charge on any atom is 0.262 e. The topological polar surface area (TPSA) is 58.7 Å². The largest absolute Gasteiger partial charge is 0.283 e. The van der Waals surface area contributed by atoms with Crippen molar-refractivity contribution in [2.75, 3.05) is 5.75 Å². The van der Waals surface area contributed by atoms with Gasteiger partial charge in [-0.05, 0) is 24.6 Å². The van der Waals surface area contributed by atoms with Crippen LogP contribution in [0, 0.1) is 18.3 Å². The highest BCUT2D eigenvalue weighted by Gasteiger charge is 2.11. The summed E-state index contributed by atoms with van der Waals surface area (Å²) < 4.78 is 1.65. The Kier molecular flexibility index (Phi) is 4.45. The van der Waals surface area contributed by atoms with Crippen molar-refractivity contribution >= 4 is 22.7 Å². The van der Waals surface area contributed by atoms with E-state index < -0.39 is 0 Å². The molecular formula is C18H15N3OS. The summed E-state index contributed by atoms with van der Waals surface area (Å²) in [6.07, 6.45) is 0. The summed E-state index contributed by atoms with van der Waals surface area (Å²) in [5.41, 5.74) is 2.81. The molecule has 4 nitrogen and oxygen atoms in total. The summed E-state index contributed by atoms with van der Waals surface area (Å²) in [6, 6.07) is 17.5. The molecule has 3 rings (SSSR count). The average Bonchev–Trinajstić information content (AvgIpc) is 2.57. The molecule has 0 aliphatic rings. The molecular weight excluding hydrogens is 306 g/mol. The van der Waals surface area contributed by atoms with E-state index in [0.29, 0.717) is 22.6 Å². The first kappa shape index (κ1) is 15.3. The Hall–Kier alpha value is -2.58. The molecule has 1 aromatic heterocycles. The van der Waals surface area contributed by atoms with Gasteiger partial charge in [0.25, 0.3) is 5.56 Å². The molecule has 114 valence electrons.